The molecule has 2 N–H and O–H groups in total. The molecular formula is C20H20N2O3. The smallest absolute Gasteiger partial charge is 0.262 e. The highest BCUT2D eigenvalue weighted by molar-refractivity contribution is 5.93. The fourth-order valence-electron chi connectivity index (χ4n) is 2.72. The van der Waals surface area contributed by atoms with E-state index in [2.05, 4.69) is 24.1 Å². The molecule has 3 aromatic rings. The van der Waals surface area contributed by atoms with E-state index in [-0.39, 0.29) is 18.1 Å². The number of carbonyl (C=O) groups is 1. The summed E-state index contributed by atoms with van der Waals surface area (Å²) in [6.45, 7) is 4.02. The number of benzene rings is 2. The van der Waals surface area contributed by atoms with E-state index in [0.717, 1.165) is 16.6 Å². The summed E-state index contributed by atoms with van der Waals surface area (Å²) in [7, 11) is 0. The number of hydrogen-bond donors (Lipinski definition) is 2. The molecule has 1 aromatic heterocycles. The van der Waals surface area contributed by atoms with E-state index in [4.69, 9.17) is 4.74 Å². The van der Waals surface area contributed by atoms with Crippen molar-refractivity contribution in [2.24, 2.45) is 0 Å². The molecule has 0 bridgehead atoms. The first-order valence-corrected chi connectivity index (χ1v) is 8.18. The summed E-state index contributed by atoms with van der Waals surface area (Å²) in [5, 5.41) is 3.74. The van der Waals surface area contributed by atoms with Gasteiger partial charge in [-0.3, -0.25) is 9.59 Å². The molecule has 0 saturated heterocycles. The van der Waals surface area contributed by atoms with Crippen LogP contribution in [0.25, 0.3) is 10.9 Å². The SMILES string of the molecule is CC(C)c1ccccc1NC(=O)COc1cccc2ccc(=O)[nH]c12. The molecule has 0 aliphatic heterocycles. The van der Waals surface area contributed by atoms with Crippen molar-refractivity contribution in [3.8, 4) is 5.75 Å². The van der Waals surface area contributed by atoms with Gasteiger partial charge in [0.05, 0.1) is 5.52 Å². The highest BCUT2D eigenvalue weighted by atomic mass is 16.5. The lowest BCUT2D eigenvalue weighted by Crippen LogP contribution is -2.21. The van der Waals surface area contributed by atoms with Crippen molar-refractivity contribution >= 4 is 22.5 Å². The van der Waals surface area contributed by atoms with Gasteiger partial charge in [0.1, 0.15) is 5.75 Å². The average Bonchev–Trinajstić information content (AvgIpc) is 2.60. The van der Waals surface area contributed by atoms with Crippen molar-refractivity contribution in [2.75, 3.05) is 11.9 Å². The monoisotopic (exact) mass is 336 g/mol. The maximum absolute atomic E-state index is 12.3. The molecule has 1 amide bonds. The second kappa shape index (κ2) is 7.21. The van der Waals surface area contributed by atoms with E-state index in [0.29, 0.717) is 17.2 Å². The maximum atomic E-state index is 12.3. The fourth-order valence-corrected chi connectivity index (χ4v) is 2.72. The molecule has 128 valence electrons. The normalized spacial score (nSPS) is 10.8. The zero-order valence-corrected chi connectivity index (χ0v) is 14.2. The lowest BCUT2D eigenvalue weighted by molar-refractivity contribution is -0.118. The zero-order chi connectivity index (χ0) is 17.8. The Morgan fingerprint density at radius 2 is 1.88 bits per heavy atom. The van der Waals surface area contributed by atoms with Crippen LogP contribution < -0.4 is 15.6 Å². The van der Waals surface area contributed by atoms with Crippen molar-refractivity contribution in [2.45, 2.75) is 19.8 Å². The summed E-state index contributed by atoms with van der Waals surface area (Å²) in [5.41, 5.74) is 2.24. The molecule has 2 aromatic carbocycles. The van der Waals surface area contributed by atoms with E-state index in [9.17, 15) is 9.59 Å². The van der Waals surface area contributed by atoms with Gasteiger partial charge in [-0.15, -0.1) is 0 Å². The van der Waals surface area contributed by atoms with Gasteiger partial charge in [-0.25, -0.2) is 0 Å². The first kappa shape index (κ1) is 16.8. The van der Waals surface area contributed by atoms with Gasteiger partial charge >= 0.3 is 0 Å². The van der Waals surface area contributed by atoms with Crippen molar-refractivity contribution in [1.29, 1.82) is 0 Å². The third kappa shape index (κ3) is 3.88. The summed E-state index contributed by atoms with van der Waals surface area (Å²) < 4.78 is 5.63. The number of para-hydroxylation sites is 2. The van der Waals surface area contributed by atoms with Crippen LogP contribution in [0.3, 0.4) is 0 Å². The number of carbonyl (C=O) groups excluding carboxylic acids is 1. The highest BCUT2D eigenvalue weighted by Gasteiger charge is 2.11. The number of ether oxygens (including phenoxy) is 1. The average molecular weight is 336 g/mol. The van der Waals surface area contributed by atoms with Gasteiger partial charge in [0.15, 0.2) is 6.61 Å². The molecule has 0 radical (unpaired) electrons. The van der Waals surface area contributed by atoms with Crippen LogP contribution in [0.15, 0.2) is 59.4 Å². The number of hydrogen-bond acceptors (Lipinski definition) is 3. The Morgan fingerprint density at radius 1 is 1.08 bits per heavy atom. The molecule has 0 unspecified atom stereocenters. The van der Waals surface area contributed by atoms with Crippen LogP contribution >= 0.6 is 0 Å². The van der Waals surface area contributed by atoms with Crippen LogP contribution in [-0.4, -0.2) is 17.5 Å². The van der Waals surface area contributed by atoms with Gasteiger partial charge in [-0.1, -0.05) is 44.2 Å². The van der Waals surface area contributed by atoms with E-state index in [1.54, 1.807) is 12.1 Å². The minimum absolute atomic E-state index is 0.136. The molecular weight excluding hydrogens is 316 g/mol. The standard InChI is InChI=1S/C20H20N2O3/c1-13(2)15-7-3-4-8-16(15)21-19(24)12-25-17-9-5-6-14-10-11-18(23)22-20(14)17/h3-11,13H,12H2,1-2H3,(H,21,24)(H,22,23). The van der Waals surface area contributed by atoms with Crippen molar-refractivity contribution in [1.82, 2.24) is 4.98 Å². The van der Waals surface area contributed by atoms with Crippen molar-refractivity contribution in [3.05, 3.63) is 70.5 Å². The van der Waals surface area contributed by atoms with Crippen LogP contribution in [0.5, 0.6) is 5.75 Å². The van der Waals surface area contributed by atoms with Crippen LogP contribution in [0.4, 0.5) is 5.69 Å². The van der Waals surface area contributed by atoms with E-state index in [1.165, 1.54) is 6.07 Å². The number of amides is 1. The van der Waals surface area contributed by atoms with Gasteiger partial charge in [-0.05, 0) is 29.7 Å². The first-order chi connectivity index (χ1) is 12.0. The molecule has 0 aliphatic rings. The Balaban J connectivity index is 1.73. The lowest BCUT2D eigenvalue weighted by Gasteiger charge is -2.14. The molecule has 0 aliphatic carbocycles. The summed E-state index contributed by atoms with van der Waals surface area (Å²) in [6.07, 6.45) is 0. The van der Waals surface area contributed by atoms with Crippen LogP contribution in [0.1, 0.15) is 25.3 Å². The van der Waals surface area contributed by atoms with E-state index >= 15 is 0 Å². The molecule has 0 atom stereocenters. The molecule has 5 nitrogen and oxygen atoms in total. The molecule has 0 fully saturated rings. The van der Waals surface area contributed by atoms with Gasteiger partial charge in [0.2, 0.25) is 5.56 Å². The Labute approximate surface area is 145 Å². The Kier molecular flexibility index (Phi) is 4.84. The van der Waals surface area contributed by atoms with Crippen molar-refractivity contribution in [3.63, 3.8) is 0 Å². The molecule has 3 rings (SSSR count). The topological polar surface area (TPSA) is 71.2 Å². The first-order valence-electron chi connectivity index (χ1n) is 8.18. The quantitative estimate of drug-likeness (QED) is 0.747. The summed E-state index contributed by atoms with van der Waals surface area (Å²) >= 11 is 0. The predicted molar refractivity (Wildman–Crippen MR) is 99.2 cm³/mol. The number of anilines is 1. The van der Waals surface area contributed by atoms with Gasteiger partial charge in [0.25, 0.3) is 5.91 Å². The van der Waals surface area contributed by atoms with E-state index in [1.807, 2.05) is 36.4 Å². The maximum Gasteiger partial charge on any atom is 0.262 e. The Morgan fingerprint density at radius 3 is 2.68 bits per heavy atom. The minimum atomic E-state index is -0.247. The number of aromatic nitrogens is 1. The molecule has 25 heavy (non-hydrogen) atoms. The molecule has 0 saturated carbocycles. The zero-order valence-electron chi connectivity index (χ0n) is 14.2. The Bertz CT molecular complexity index is 960. The van der Waals surface area contributed by atoms with Gasteiger partial charge in [-0.2, -0.15) is 0 Å². The molecule has 0 spiro atoms. The number of fused-ring (bicyclic) bond motifs is 1. The molecule has 5 heteroatoms. The van der Waals surface area contributed by atoms with Crippen LogP contribution in [0, 0.1) is 0 Å². The second-order valence-corrected chi connectivity index (χ2v) is 6.12. The summed E-state index contributed by atoms with van der Waals surface area (Å²) in [6, 6.07) is 16.3. The largest absolute Gasteiger partial charge is 0.482 e. The minimum Gasteiger partial charge on any atom is -0.482 e. The third-order valence-electron chi connectivity index (χ3n) is 3.94. The number of H-pyrrole nitrogens is 1. The fraction of sp³-hybridized carbons (Fsp3) is 0.200. The van der Waals surface area contributed by atoms with E-state index < -0.39 is 0 Å². The van der Waals surface area contributed by atoms with Gasteiger partial charge < -0.3 is 15.0 Å². The van der Waals surface area contributed by atoms with Crippen LogP contribution in [0.2, 0.25) is 0 Å². The number of nitrogens with one attached hydrogen (secondary N) is 2. The predicted octanol–water partition coefficient (Wildman–Crippen LogP) is 3.67. The van der Waals surface area contributed by atoms with Gasteiger partial charge in [0, 0.05) is 17.1 Å². The number of rotatable bonds is 5. The summed E-state index contributed by atoms with van der Waals surface area (Å²) in [5.74, 6) is 0.534. The number of pyridine rings is 1. The number of aromatic amines is 1. The van der Waals surface area contributed by atoms with Crippen LogP contribution in [-0.2, 0) is 4.79 Å². The highest BCUT2D eigenvalue weighted by Crippen LogP contribution is 2.24. The second-order valence-electron chi connectivity index (χ2n) is 6.12. The summed E-state index contributed by atoms with van der Waals surface area (Å²) in [4.78, 5) is 26.5. The molecule has 1 heterocycles. The third-order valence-corrected chi connectivity index (χ3v) is 3.94. The Hall–Kier alpha value is -3.08. The lowest BCUT2D eigenvalue weighted by atomic mass is 10.0. The van der Waals surface area contributed by atoms with Crippen molar-refractivity contribution < 1.29 is 9.53 Å².